The predicted molar refractivity (Wildman–Crippen MR) is 124 cm³/mol. The second-order valence-corrected chi connectivity index (χ2v) is 8.15. The summed E-state index contributed by atoms with van der Waals surface area (Å²) < 4.78 is 1.99. The molecule has 5 rings (SSSR count). The zero-order chi connectivity index (χ0) is 20.7. The Labute approximate surface area is 181 Å². The van der Waals surface area contributed by atoms with Crippen molar-refractivity contribution in [3.8, 4) is 11.1 Å². The van der Waals surface area contributed by atoms with Crippen molar-refractivity contribution in [3.05, 3.63) is 77.1 Å². The molecule has 3 heterocycles. The Hall–Kier alpha value is -3.05. The third-order valence-electron chi connectivity index (χ3n) is 5.74. The van der Waals surface area contributed by atoms with Gasteiger partial charge in [0.05, 0.1) is 11.3 Å². The van der Waals surface area contributed by atoms with Gasteiger partial charge >= 0.3 is 0 Å². The molecule has 0 spiro atoms. The highest BCUT2D eigenvalue weighted by atomic mass is 35.5. The Morgan fingerprint density at radius 2 is 1.50 bits per heavy atom. The van der Waals surface area contributed by atoms with Crippen LogP contribution in [0.2, 0.25) is 5.02 Å². The van der Waals surface area contributed by atoms with E-state index in [-0.39, 0.29) is 0 Å². The lowest BCUT2D eigenvalue weighted by Crippen LogP contribution is -2.47. The number of fused-ring (bicyclic) bond motifs is 1. The van der Waals surface area contributed by atoms with E-state index in [2.05, 4.69) is 46.2 Å². The fraction of sp³-hybridized carbons (Fsp3) is 0.250. The van der Waals surface area contributed by atoms with E-state index < -0.39 is 0 Å². The quantitative estimate of drug-likeness (QED) is 0.470. The fourth-order valence-electron chi connectivity index (χ4n) is 4.26. The number of aromatic nitrogens is 3. The maximum Gasteiger partial charge on any atom is 0.165 e. The average Bonchev–Trinajstić information content (AvgIpc) is 3.10. The number of halogens is 1. The molecule has 0 atom stereocenters. The average molecular weight is 418 g/mol. The molecule has 0 unspecified atom stereocenters. The van der Waals surface area contributed by atoms with Gasteiger partial charge in [-0.3, -0.25) is 0 Å². The van der Waals surface area contributed by atoms with Crippen LogP contribution in [0.3, 0.4) is 0 Å². The van der Waals surface area contributed by atoms with E-state index in [9.17, 15) is 0 Å². The van der Waals surface area contributed by atoms with Gasteiger partial charge in [0, 0.05) is 54.2 Å². The van der Waals surface area contributed by atoms with Gasteiger partial charge in [0.1, 0.15) is 5.82 Å². The minimum Gasteiger partial charge on any atom is -0.368 e. The number of para-hydroxylation sites is 1. The van der Waals surface area contributed by atoms with Crippen LogP contribution in [0.25, 0.3) is 16.8 Å². The molecule has 1 fully saturated rings. The summed E-state index contributed by atoms with van der Waals surface area (Å²) in [5.41, 5.74) is 6.05. The van der Waals surface area contributed by atoms with Gasteiger partial charge in [0.15, 0.2) is 5.65 Å². The first-order valence-corrected chi connectivity index (χ1v) is 10.7. The summed E-state index contributed by atoms with van der Waals surface area (Å²) in [6.45, 7) is 7.90. The molecule has 2 aromatic carbocycles. The fourth-order valence-corrected chi connectivity index (χ4v) is 4.49. The van der Waals surface area contributed by atoms with E-state index in [1.165, 1.54) is 5.69 Å². The molecule has 1 aliphatic heterocycles. The van der Waals surface area contributed by atoms with Crippen molar-refractivity contribution in [3.63, 3.8) is 0 Å². The maximum absolute atomic E-state index is 6.51. The summed E-state index contributed by atoms with van der Waals surface area (Å²) >= 11 is 6.51. The number of rotatable bonds is 3. The number of hydrogen-bond donors (Lipinski definition) is 0. The van der Waals surface area contributed by atoms with Crippen molar-refractivity contribution in [2.24, 2.45) is 0 Å². The Morgan fingerprint density at radius 3 is 2.23 bits per heavy atom. The molecule has 1 saturated heterocycles. The first-order valence-electron chi connectivity index (χ1n) is 10.3. The third-order valence-corrected chi connectivity index (χ3v) is 6.07. The lowest BCUT2D eigenvalue weighted by Gasteiger charge is -2.37. The van der Waals surface area contributed by atoms with Gasteiger partial charge in [0.25, 0.3) is 0 Å². The number of piperazine rings is 1. The predicted octanol–water partition coefficient (Wildman–Crippen LogP) is 4.99. The van der Waals surface area contributed by atoms with E-state index in [0.717, 1.165) is 65.2 Å². The van der Waals surface area contributed by atoms with E-state index in [4.69, 9.17) is 21.7 Å². The summed E-state index contributed by atoms with van der Waals surface area (Å²) in [6.07, 6.45) is 0. The van der Waals surface area contributed by atoms with Crippen LogP contribution >= 0.6 is 11.6 Å². The molecule has 0 N–H and O–H groups in total. The van der Waals surface area contributed by atoms with Crippen LogP contribution in [0.1, 0.15) is 11.4 Å². The number of hydrogen-bond acceptors (Lipinski definition) is 4. The van der Waals surface area contributed by atoms with Gasteiger partial charge in [-0.2, -0.15) is 9.61 Å². The van der Waals surface area contributed by atoms with E-state index in [1.54, 1.807) is 0 Å². The summed E-state index contributed by atoms with van der Waals surface area (Å²) in [5, 5.41) is 5.58. The van der Waals surface area contributed by atoms with Crippen LogP contribution < -0.4 is 9.80 Å². The molecule has 0 amide bonds. The molecular formula is C24H24ClN5. The zero-order valence-electron chi connectivity index (χ0n) is 17.2. The molecule has 0 radical (unpaired) electrons. The van der Waals surface area contributed by atoms with E-state index in [1.807, 2.05) is 42.6 Å². The van der Waals surface area contributed by atoms with E-state index in [0.29, 0.717) is 0 Å². The highest BCUT2D eigenvalue weighted by Crippen LogP contribution is 2.34. The number of aryl methyl sites for hydroxylation is 2. The Kier molecular flexibility index (Phi) is 4.83. The molecule has 1 aliphatic rings. The number of benzene rings is 2. The van der Waals surface area contributed by atoms with Crippen molar-refractivity contribution in [1.29, 1.82) is 0 Å². The van der Waals surface area contributed by atoms with Crippen molar-refractivity contribution < 1.29 is 0 Å². The lowest BCUT2D eigenvalue weighted by atomic mass is 10.1. The molecule has 152 valence electrons. The molecule has 0 bridgehead atoms. The van der Waals surface area contributed by atoms with Gasteiger partial charge in [-0.05, 0) is 32.0 Å². The van der Waals surface area contributed by atoms with Crippen LogP contribution in [0.4, 0.5) is 11.5 Å². The van der Waals surface area contributed by atoms with Crippen LogP contribution in [-0.4, -0.2) is 40.8 Å². The maximum atomic E-state index is 6.51. The number of anilines is 2. The standard InChI is InChI=1S/C24H24ClN5/c1-17-16-22(29-14-12-28(13-15-29)19-8-4-3-5-9-19)30-24(26-17)23(18(2)27-30)20-10-6-7-11-21(20)25/h3-11,16H,12-15H2,1-2H3. The first-order chi connectivity index (χ1) is 14.6. The lowest BCUT2D eigenvalue weighted by molar-refractivity contribution is 0.638. The van der Waals surface area contributed by atoms with Crippen LogP contribution in [0, 0.1) is 13.8 Å². The normalized spacial score (nSPS) is 14.5. The first kappa shape index (κ1) is 18.9. The smallest absolute Gasteiger partial charge is 0.165 e. The van der Waals surface area contributed by atoms with Gasteiger partial charge in [-0.15, -0.1) is 0 Å². The van der Waals surface area contributed by atoms with Gasteiger partial charge in [-0.1, -0.05) is 48.0 Å². The molecular weight excluding hydrogens is 394 g/mol. The third kappa shape index (κ3) is 3.29. The largest absolute Gasteiger partial charge is 0.368 e. The van der Waals surface area contributed by atoms with Crippen LogP contribution in [-0.2, 0) is 0 Å². The van der Waals surface area contributed by atoms with Crippen molar-refractivity contribution in [2.75, 3.05) is 36.0 Å². The van der Waals surface area contributed by atoms with Crippen LogP contribution in [0.5, 0.6) is 0 Å². The Morgan fingerprint density at radius 1 is 0.833 bits per heavy atom. The van der Waals surface area contributed by atoms with Crippen molar-refractivity contribution in [1.82, 2.24) is 14.6 Å². The number of nitrogens with zero attached hydrogens (tertiary/aromatic N) is 5. The van der Waals surface area contributed by atoms with Gasteiger partial charge in [-0.25, -0.2) is 4.98 Å². The highest BCUT2D eigenvalue weighted by molar-refractivity contribution is 6.33. The van der Waals surface area contributed by atoms with E-state index >= 15 is 0 Å². The summed E-state index contributed by atoms with van der Waals surface area (Å²) in [5.74, 6) is 1.09. The molecule has 2 aromatic heterocycles. The minimum absolute atomic E-state index is 0.719. The topological polar surface area (TPSA) is 36.7 Å². The second kappa shape index (κ2) is 7.65. The molecule has 30 heavy (non-hydrogen) atoms. The minimum atomic E-state index is 0.719. The summed E-state index contributed by atoms with van der Waals surface area (Å²) in [4.78, 5) is 9.68. The summed E-state index contributed by atoms with van der Waals surface area (Å²) in [7, 11) is 0. The Bertz CT molecular complexity index is 1190. The monoisotopic (exact) mass is 417 g/mol. The molecule has 5 nitrogen and oxygen atoms in total. The summed E-state index contributed by atoms with van der Waals surface area (Å²) in [6, 6.07) is 20.6. The molecule has 4 aromatic rings. The van der Waals surface area contributed by atoms with Crippen molar-refractivity contribution in [2.45, 2.75) is 13.8 Å². The molecule has 0 saturated carbocycles. The second-order valence-electron chi connectivity index (χ2n) is 7.74. The highest BCUT2D eigenvalue weighted by Gasteiger charge is 2.23. The molecule has 6 heteroatoms. The SMILES string of the molecule is Cc1cc(N2CCN(c3ccccc3)CC2)n2nc(C)c(-c3ccccc3Cl)c2n1. The molecule has 0 aliphatic carbocycles. The van der Waals surface area contributed by atoms with Gasteiger partial charge < -0.3 is 9.80 Å². The van der Waals surface area contributed by atoms with Gasteiger partial charge in [0.2, 0.25) is 0 Å². The zero-order valence-corrected chi connectivity index (χ0v) is 18.0. The van der Waals surface area contributed by atoms with Crippen molar-refractivity contribution >= 4 is 28.8 Å². The Balaban J connectivity index is 1.52. The van der Waals surface area contributed by atoms with Crippen LogP contribution in [0.15, 0.2) is 60.7 Å².